The summed E-state index contributed by atoms with van der Waals surface area (Å²) in [5.41, 5.74) is -1.02. The summed E-state index contributed by atoms with van der Waals surface area (Å²) >= 11 is 0. The monoisotopic (exact) mass is 130 g/mol. The van der Waals surface area contributed by atoms with E-state index in [1.807, 2.05) is 0 Å². The molecule has 0 saturated heterocycles. The van der Waals surface area contributed by atoms with Gasteiger partial charge in [-0.05, 0) is 20.9 Å². The Morgan fingerprint density at radius 1 is 1.67 bits per heavy atom. The summed E-state index contributed by atoms with van der Waals surface area (Å²) in [7, 11) is 1.60. The summed E-state index contributed by atoms with van der Waals surface area (Å²) < 4.78 is 0. The molecule has 0 bridgehead atoms. The zero-order valence-corrected chi connectivity index (χ0v) is 5.93. The predicted molar refractivity (Wildman–Crippen MR) is 34.8 cm³/mol. The van der Waals surface area contributed by atoms with Crippen LogP contribution in [0.5, 0.6) is 0 Å². The molecule has 1 atom stereocenters. The summed E-state index contributed by atoms with van der Waals surface area (Å²) in [6.07, 6.45) is 1.68. The number of likely N-dealkylation sites (N-methyl/N-ethyl adjacent to an activating group) is 1. The second-order valence-electron chi connectivity index (χ2n) is 2.49. The van der Waals surface area contributed by atoms with Gasteiger partial charge in [-0.3, -0.25) is 4.79 Å². The van der Waals surface area contributed by atoms with Crippen LogP contribution in [-0.2, 0) is 4.79 Å². The lowest BCUT2D eigenvalue weighted by atomic mass is 10.0. The fourth-order valence-corrected chi connectivity index (χ4v) is 0.556. The lowest BCUT2D eigenvalue weighted by molar-refractivity contribution is 0.0625. The average Bonchev–Trinajstić information content (AvgIpc) is 1.65. The topological polar surface area (TPSA) is 49.3 Å². The van der Waals surface area contributed by atoms with Crippen LogP contribution in [0.4, 0.5) is 0 Å². The Kier molecular flexibility index (Phi) is 2.81. The van der Waals surface area contributed by atoms with Crippen molar-refractivity contribution < 1.29 is 9.90 Å². The van der Waals surface area contributed by atoms with E-state index in [1.165, 1.54) is 0 Å². The van der Waals surface area contributed by atoms with Gasteiger partial charge in [-0.2, -0.15) is 0 Å². The fraction of sp³-hybridized carbons (Fsp3) is 0.833. The first-order valence-electron chi connectivity index (χ1n) is 2.79. The maximum absolute atomic E-state index is 10.0. The van der Waals surface area contributed by atoms with Crippen LogP contribution in [0.1, 0.15) is 13.8 Å². The Bertz CT molecular complexity index is 95.7. The molecule has 0 aliphatic heterocycles. The molecule has 0 fully saturated rings. The number of aliphatic hydroxyl groups is 1. The van der Waals surface area contributed by atoms with E-state index in [9.17, 15) is 4.79 Å². The highest BCUT2D eigenvalue weighted by Gasteiger charge is 2.24. The Hall–Kier alpha value is -0.410. The third kappa shape index (κ3) is 2.58. The van der Waals surface area contributed by atoms with Crippen LogP contribution < -0.4 is 5.32 Å². The number of hydrogen-bond donors (Lipinski definition) is 2. The van der Waals surface area contributed by atoms with E-state index in [0.29, 0.717) is 0 Å². The summed E-state index contributed by atoms with van der Waals surface area (Å²) in [6.45, 7) is 3.11. The van der Waals surface area contributed by atoms with Gasteiger partial charge >= 0.3 is 0 Å². The van der Waals surface area contributed by atoms with E-state index in [2.05, 4.69) is 5.32 Å². The van der Waals surface area contributed by atoms with E-state index in [-0.39, 0.29) is 0 Å². The van der Waals surface area contributed by atoms with E-state index < -0.39 is 11.6 Å². The second-order valence-corrected chi connectivity index (χ2v) is 2.49. The Morgan fingerprint density at radius 3 is 2.11 bits per heavy atom. The normalized spacial score (nSPS) is 15.1. The van der Waals surface area contributed by atoms with E-state index >= 15 is 0 Å². The molecule has 0 aromatic carbocycles. The Morgan fingerprint density at radius 2 is 2.11 bits per heavy atom. The number of rotatable bonds is 3. The standard InChI is InChI=1S/C6H12NO2/c1-6(2,9)5(4-8)7-3/h5,7,9H,1-3H3/t5-/m1/s1. The predicted octanol–water partition coefficient (Wildman–Crippen LogP) is -0.545. The highest BCUT2D eigenvalue weighted by Crippen LogP contribution is 2.04. The van der Waals surface area contributed by atoms with E-state index in [0.717, 1.165) is 0 Å². The third-order valence-corrected chi connectivity index (χ3v) is 1.11. The van der Waals surface area contributed by atoms with Crippen molar-refractivity contribution in [3.63, 3.8) is 0 Å². The Balaban J connectivity index is 3.94. The van der Waals surface area contributed by atoms with Crippen molar-refractivity contribution in [1.82, 2.24) is 5.32 Å². The van der Waals surface area contributed by atoms with Gasteiger partial charge < -0.3 is 10.4 Å². The average molecular weight is 130 g/mol. The highest BCUT2D eigenvalue weighted by atomic mass is 16.3. The van der Waals surface area contributed by atoms with Gasteiger partial charge in [0, 0.05) is 0 Å². The van der Waals surface area contributed by atoms with Crippen LogP contribution in [-0.4, -0.2) is 30.1 Å². The lowest BCUT2D eigenvalue weighted by Gasteiger charge is -2.22. The zero-order valence-electron chi connectivity index (χ0n) is 5.93. The maximum atomic E-state index is 10.0. The molecule has 3 heteroatoms. The van der Waals surface area contributed by atoms with Gasteiger partial charge in [0.2, 0.25) is 6.29 Å². The molecule has 0 amide bonds. The summed E-state index contributed by atoms with van der Waals surface area (Å²) in [5, 5.41) is 11.8. The quantitative estimate of drug-likeness (QED) is 0.539. The van der Waals surface area contributed by atoms with Gasteiger partial charge in [-0.25, -0.2) is 0 Å². The first-order chi connectivity index (χ1) is 4.02. The van der Waals surface area contributed by atoms with Gasteiger partial charge in [0.1, 0.15) is 6.04 Å². The van der Waals surface area contributed by atoms with Crippen LogP contribution in [0.3, 0.4) is 0 Å². The van der Waals surface area contributed by atoms with Gasteiger partial charge in [-0.15, -0.1) is 0 Å². The largest absolute Gasteiger partial charge is 0.388 e. The molecule has 0 rings (SSSR count). The van der Waals surface area contributed by atoms with Crippen molar-refractivity contribution in [2.24, 2.45) is 0 Å². The van der Waals surface area contributed by atoms with Crippen LogP contribution >= 0.6 is 0 Å². The SMILES string of the molecule is CN[C@H]([C]=O)C(C)(C)O. The number of nitrogens with one attached hydrogen (secondary N) is 1. The molecule has 9 heavy (non-hydrogen) atoms. The van der Waals surface area contributed by atoms with Crippen LogP contribution in [0.25, 0.3) is 0 Å². The highest BCUT2D eigenvalue weighted by molar-refractivity contribution is 5.60. The van der Waals surface area contributed by atoms with Crippen molar-refractivity contribution in [3.8, 4) is 0 Å². The molecule has 3 nitrogen and oxygen atoms in total. The van der Waals surface area contributed by atoms with Gasteiger partial charge in [0.15, 0.2) is 0 Å². The molecule has 53 valence electrons. The number of carbonyl (C=O) groups excluding carboxylic acids is 1. The molecule has 0 spiro atoms. The van der Waals surface area contributed by atoms with Crippen LogP contribution in [0.15, 0.2) is 0 Å². The van der Waals surface area contributed by atoms with Gasteiger partial charge in [0.05, 0.1) is 5.60 Å². The minimum absolute atomic E-state index is 0.600. The Labute approximate surface area is 55.1 Å². The van der Waals surface area contributed by atoms with Crippen molar-refractivity contribution in [2.45, 2.75) is 25.5 Å². The lowest BCUT2D eigenvalue weighted by Crippen LogP contribution is -2.46. The first-order valence-corrected chi connectivity index (χ1v) is 2.79. The molecule has 0 aromatic heterocycles. The molecular formula is C6H12NO2. The minimum atomic E-state index is -1.02. The first kappa shape index (κ1) is 8.59. The molecule has 0 saturated carbocycles. The summed E-state index contributed by atoms with van der Waals surface area (Å²) in [4.78, 5) is 10.0. The van der Waals surface area contributed by atoms with Crippen molar-refractivity contribution in [1.29, 1.82) is 0 Å². The fourth-order valence-electron chi connectivity index (χ4n) is 0.556. The molecule has 0 aliphatic carbocycles. The van der Waals surface area contributed by atoms with Gasteiger partial charge in [-0.1, -0.05) is 0 Å². The van der Waals surface area contributed by atoms with Crippen LogP contribution in [0.2, 0.25) is 0 Å². The smallest absolute Gasteiger partial charge is 0.219 e. The minimum Gasteiger partial charge on any atom is -0.388 e. The molecule has 2 N–H and O–H groups in total. The molecule has 0 aromatic rings. The van der Waals surface area contributed by atoms with Crippen LogP contribution in [0, 0.1) is 0 Å². The zero-order chi connectivity index (χ0) is 7.49. The third-order valence-electron chi connectivity index (χ3n) is 1.11. The van der Waals surface area contributed by atoms with E-state index in [1.54, 1.807) is 27.2 Å². The molecule has 0 heterocycles. The van der Waals surface area contributed by atoms with Crippen molar-refractivity contribution in [3.05, 3.63) is 0 Å². The molecule has 0 aliphatic rings. The molecule has 0 unspecified atom stereocenters. The number of hydrogen-bond acceptors (Lipinski definition) is 3. The summed E-state index contributed by atoms with van der Waals surface area (Å²) in [6, 6.07) is -0.600. The molecular weight excluding hydrogens is 118 g/mol. The summed E-state index contributed by atoms with van der Waals surface area (Å²) in [5.74, 6) is 0. The van der Waals surface area contributed by atoms with Crippen molar-refractivity contribution >= 4 is 6.29 Å². The maximum Gasteiger partial charge on any atom is 0.219 e. The molecule has 1 radical (unpaired) electrons. The van der Waals surface area contributed by atoms with Crippen molar-refractivity contribution in [2.75, 3.05) is 7.05 Å². The van der Waals surface area contributed by atoms with E-state index in [4.69, 9.17) is 5.11 Å². The second kappa shape index (κ2) is 2.94. The van der Waals surface area contributed by atoms with Gasteiger partial charge in [0.25, 0.3) is 0 Å².